The lowest BCUT2D eigenvalue weighted by molar-refractivity contribution is -0.870. The van der Waals surface area contributed by atoms with Gasteiger partial charge in [0.15, 0.2) is 6.10 Å². The molecule has 330 valence electrons. The fourth-order valence-electron chi connectivity index (χ4n) is 5.70. The number of furan rings is 1. The van der Waals surface area contributed by atoms with Crippen molar-refractivity contribution in [2.24, 2.45) is 0 Å². The summed E-state index contributed by atoms with van der Waals surface area (Å²) in [4.78, 5) is 37.6. The Morgan fingerprint density at radius 2 is 1.40 bits per heavy atom. The number of aliphatic hydroxyl groups is 1. The van der Waals surface area contributed by atoms with Crippen LogP contribution in [0.4, 0.5) is 0 Å². The molecule has 0 aliphatic carbocycles. The van der Waals surface area contributed by atoms with Crippen LogP contribution >= 0.6 is 7.82 Å². The van der Waals surface area contributed by atoms with Gasteiger partial charge in [0.25, 0.3) is 7.82 Å². The van der Waals surface area contributed by atoms with Crippen LogP contribution in [-0.4, -0.2) is 81.2 Å². The first kappa shape index (κ1) is 53.0. The van der Waals surface area contributed by atoms with E-state index in [1.807, 2.05) is 76.7 Å². The van der Waals surface area contributed by atoms with Gasteiger partial charge in [0, 0.05) is 25.7 Å². The number of hydrogen-bond acceptors (Lipinski definition) is 10. The summed E-state index contributed by atoms with van der Waals surface area (Å²) < 4.78 is 39.9. The number of hydrogen-bond donors (Lipinski definition) is 1. The SMILES string of the molecule is CC/C=C\C(O)C/C=C/C=C\C/C=C\C/C=C\CCCC(=O)OC[C@H](COP(=O)([O-])OCC[N+](C)(C)C)OC(=O)CCCCCCCCc1oc(CCC)c(C)c1C. The molecule has 0 aliphatic heterocycles. The monoisotopic (exact) mass is 834 g/mol. The zero-order valence-electron chi connectivity index (χ0n) is 36.8. The number of carbonyl (C=O) groups excluding carboxylic acids is 2. The molecule has 0 aliphatic rings. The molecule has 2 unspecified atom stereocenters. The van der Waals surface area contributed by atoms with E-state index in [4.69, 9.17) is 22.9 Å². The number of likely N-dealkylation sites (N-methyl/N-ethyl adjacent to an activating group) is 1. The first-order valence-corrected chi connectivity index (χ1v) is 22.9. The van der Waals surface area contributed by atoms with Crippen molar-refractivity contribution < 1.29 is 51.6 Å². The topological polar surface area (TPSA) is 145 Å². The molecule has 58 heavy (non-hydrogen) atoms. The molecule has 1 aromatic heterocycles. The van der Waals surface area contributed by atoms with Gasteiger partial charge < -0.3 is 37.4 Å². The van der Waals surface area contributed by atoms with Crippen molar-refractivity contribution in [2.45, 2.75) is 149 Å². The summed E-state index contributed by atoms with van der Waals surface area (Å²) >= 11 is 0. The molecule has 0 radical (unpaired) electrons. The van der Waals surface area contributed by atoms with E-state index in [-0.39, 0.29) is 26.1 Å². The maximum Gasteiger partial charge on any atom is 0.306 e. The van der Waals surface area contributed by atoms with E-state index in [2.05, 4.69) is 32.9 Å². The van der Waals surface area contributed by atoms with E-state index in [9.17, 15) is 24.2 Å². The summed E-state index contributed by atoms with van der Waals surface area (Å²) in [5, 5.41) is 9.77. The lowest BCUT2D eigenvalue weighted by atomic mass is 10.0. The number of aliphatic hydroxyl groups excluding tert-OH is 1. The van der Waals surface area contributed by atoms with E-state index >= 15 is 0 Å². The largest absolute Gasteiger partial charge is 0.756 e. The second-order valence-corrected chi connectivity index (χ2v) is 17.2. The summed E-state index contributed by atoms with van der Waals surface area (Å²) in [6.45, 7) is 8.03. The third kappa shape index (κ3) is 28.4. The van der Waals surface area contributed by atoms with Crippen LogP contribution in [0, 0.1) is 13.8 Å². The maximum absolute atomic E-state index is 12.7. The Morgan fingerprint density at radius 1 is 0.776 bits per heavy atom. The quantitative estimate of drug-likeness (QED) is 0.0178. The highest BCUT2D eigenvalue weighted by atomic mass is 31.2. The van der Waals surface area contributed by atoms with Crippen LogP contribution in [0.1, 0.15) is 133 Å². The highest BCUT2D eigenvalue weighted by molar-refractivity contribution is 7.45. The molecule has 0 fully saturated rings. The van der Waals surface area contributed by atoms with Gasteiger partial charge in [-0.15, -0.1) is 0 Å². The number of phosphoric acid groups is 1. The van der Waals surface area contributed by atoms with Gasteiger partial charge in [-0.1, -0.05) is 100 Å². The number of unbranched alkanes of at least 4 members (excludes halogenated alkanes) is 6. The minimum atomic E-state index is -4.67. The van der Waals surface area contributed by atoms with E-state index in [0.717, 1.165) is 82.1 Å². The minimum absolute atomic E-state index is 0.0590. The minimum Gasteiger partial charge on any atom is -0.756 e. The lowest BCUT2D eigenvalue weighted by Gasteiger charge is -2.28. The molecule has 0 saturated carbocycles. The number of esters is 2. The van der Waals surface area contributed by atoms with Gasteiger partial charge in [-0.3, -0.25) is 14.2 Å². The predicted molar refractivity (Wildman–Crippen MR) is 231 cm³/mol. The third-order valence-electron chi connectivity index (χ3n) is 9.30. The molecule has 11 nitrogen and oxygen atoms in total. The normalized spacial score (nSPS) is 14.7. The molecule has 1 heterocycles. The van der Waals surface area contributed by atoms with Crippen LogP contribution in [0.5, 0.6) is 0 Å². The molecule has 0 aromatic carbocycles. The number of carbonyl (C=O) groups is 2. The van der Waals surface area contributed by atoms with Crippen LogP contribution in [0.15, 0.2) is 65.2 Å². The predicted octanol–water partition coefficient (Wildman–Crippen LogP) is 9.68. The van der Waals surface area contributed by atoms with Gasteiger partial charge in [0.05, 0.1) is 33.9 Å². The third-order valence-corrected chi connectivity index (χ3v) is 10.3. The number of phosphoric ester groups is 1. The average molecular weight is 834 g/mol. The van der Waals surface area contributed by atoms with Gasteiger partial charge in [-0.25, -0.2) is 0 Å². The van der Waals surface area contributed by atoms with Crippen molar-refractivity contribution in [1.82, 2.24) is 0 Å². The van der Waals surface area contributed by atoms with Gasteiger partial charge in [-0.05, 0) is 82.8 Å². The van der Waals surface area contributed by atoms with Gasteiger partial charge in [-0.2, -0.15) is 0 Å². The Morgan fingerprint density at radius 3 is 2.09 bits per heavy atom. The molecule has 1 rings (SSSR count). The number of quaternary nitrogens is 1. The Labute approximate surface area is 350 Å². The summed E-state index contributed by atoms with van der Waals surface area (Å²) in [5.41, 5.74) is 2.55. The number of allylic oxidation sites excluding steroid dienone is 8. The molecule has 0 amide bonds. The molecule has 0 bridgehead atoms. The van der Waals surface area contributed by atoms with Gasteiger partial charge in [0.2, 0.25) is 0 Å². The Hall–Kier alpha value is -3.05. The number of rotatable bonds is 34. The van der Waals surface area contributed by atoms with Gasteiger partial charge >= 0.3 is 11.9 Å². The molecule has 0 spiro atoms. The van der Waals surface area contributed by atoms with Crippen LogP contribution in [0.25, 0.3) is 0 Å². The zero-order valence-corrected chi connectivity index (χ0v) is 37.7. The number of ether oxygens (including phenoxy) is 2. The summed E-state index contributed by atoms with van der Waals surface area (Å²) in [5.74, 6) is 1.24. The average Bonchev–Trinajstić information content (AvgIpc) is 3.43. The first-order chi connectivity index (χ1) is 27.7. The van der Waals surface area contributed by atoms with Crippen molar-refractivity contribution in [3.63, 3.8) is 0 Å². The summed E-state index contributed by atoms with van der Waals surface area (Å²) in [6.07, 6.45) is 31.8. The lowest BCUT2D eigenvalue weighted by Crippen LogP contribution is -2.37. The molecule has 3 atom stereocenters. The van der Waals surface area contributed by atoms with Crippen LogP contribution in [0.2, 0.25) is 0 Å². The number of nitrogens with zero attached hydrogens (tertiary/aromatic N) is 1. The van der Waals surface area contributed by atoms with E-state index < -0.39 is 38.6 Å². The maximum atomic E-state index is 12.7. The second-order valence-electron chi connectivity index (χ2n) is 15.8. The van der Waals surface area contributed by atoms with E-state index in [1.165, 1.54) is 11.1 Å². The summed E-state index contributed by atoms with van der Waals surface area (Å²) in [6, 6.07) is 0. The second kappa shape index (κ2) is 31.8. The molecule has 1 aromatic rings. The molecule has 0 saturated heterocycles. The smallest absolute Gasteiger partial charge is 0.306 e. The Bertz CT molecular complexity index is 1470. The van der Waals surface area contributed by atoms with Crippen LogP contribution in [-0.2, 0) is 45.5 Å². The number of aryl methyl sites for hydroxylation is 2. The van der Waals surface area contributed by atoms with Crippen molar-refractivity contribution in [3.8, 4) is 0 Å². The Balaban J connectivity index is 2.43. The fourth-order valence-corrected chi connectivity index (χ4v) is 6.43. The standard InChI is InChI=1S/C46H76NO10P/c1-8-10-30-41(48)31-25-21-17-15-13-11-12-14-16-18-23-27-33-45(49)53-37-42(38-55-58(51,52)54-36-35-47(5,6)7)56-46(50)34-28-24-20-19-22-26-32-44-40(4)39(3)43(57-44)29-9-2/h10-12,15-18,21,25,30,41-42,48H,8-9,13-14,19-20,22-24,26-29,31-38H2,1-7H3/b12-11-,17-15-,18-16-,25-21+,30-10-/t41?,42-/m1/s1. The van der Waals surface area contributed by atoms with Crippen molar-refractivity contribution in [2.75, 3.05) is 47.5 Å². The first-order valence-electron chi connectivity index (χ1n) is 21.5. The van der Waals surface area contributed by atoms with Crippen molar-refractivity contribution in [1.29, 1.82) is 0 Å². The van der Waals surface area contributed by atoms with Crippen molar-refractivity contribution >= 4 is 19.8 Å². The van der Waals surface area contributed by atoms with Crippen LogP contribution < -0.4 is 4.89 Å². The van der Waals surface area contributed by atoms with Crippen molar-refractivity contribution in [3.05, 3.63) is 83.4 Å². The van der Waals surface area contributed by atoms with E-state index in [1.54, 1.807) is 0 Å². The van der Waals surface area contributed by atoms with Gasteiger partial charge in [0.1, 0.15) is 31.3 Å². The van der Waals surface area contributed by atoms with E-state index in [0.29, 0.717) is 36.7 Å². The van der Waals surface area contributed by atoms with Crippen LogP contribution in [0.3, 0.4) is 0 Å². The highest BCUT2D eigenvalue weighted by Crippen LogP contribution is 2.38. The molecular formula is C46H76NO10P. The Kier molecular flexibility index (Phi) is 29.1. The fraction of sp³-hybridized carbons (Fsp3) is 0.652. The highest BCUT2D eigenvalue weighted by Gasteiger charge is 2.22. The molecular weight excluding hydrogens is 757 g/mol. The summed E-state index contributed by atoms with van der Waals surface area (Å²) in [7, 11) is 1.07. The molecule has 12 heteroatoms. The zero-order chi connectivity index (χ0) is 43.1. The molecule has 1 N–H and O–H groups in total.